The molecule has 126 valence electrons. The van der Waals surface area contributed by atoms with Crippen molar-refractivity contribution in [3.05, 3.63) is 28.8 Å². The Bertz CT molecular complexity index is 613. The third-order valence-corrected chi connectivity index (χ3v) is 4.99. The van der Waals surface area contributed by atoms with E-state index in [-0.39, 0.29) is 18.7 Å². The molecule has 0 aromatic heterocycles. The van der Waals surface area contributed by atoms with E-state index < -0.39 is 5.54 Å². The molecule has 0 spiro atoms. The number of nitrogens with one attached hydrogen (secondary N) is 2. The molecule has 1 aliphatic heterocycles. The van der Waals surface area contributed by atoms with E-state index in [1.165, 1.54) is 0 Å². The highest BCUT2D eigenvalue weighted by molar-refractivity contribution is 5.75. The van der Waals surface area contributed by atoms with Gasteiger partial charge < -0.3 is 20.5 Å². The highest BCUT2D eigenvalue weighted by Crippen LogP contribution is 2.39. The summed E-state index contributed by atoms with van der Waals surface area (Å²) >= 11 is 0. The average Bonchev–Trinajstić information content (AvgIpc) is 3.33. The summed E-state index contributed by atoms with van der Waals surface area (Å²) in [4.78, 5) is 12.4. The topological polar surface area (TPSA) is 70.6 Å². The number of ether oxygens (including phenoxy) is 1. The maximum absolute atomic E-state index is 12.4. The second kappa shape index (κ2) is 6.04. The molecular formula is C18H26N2O3. The highest BCUT2D eigenvalue weighted by Gasteiger charge is 2.42. The molecule has 0 radical (unpaired) electrons. The molecule has 1 fully saturated rings. The van der Waals surface area contributed by atoms with Gasteiger partial charge in [0.2, 0.25) is 0 Å². The van der Waals surface area contributed by atoms with E-state index in [9.17, 15) is 9.90 Å². The van der Waals surface area contributed by atoms with Crippen LogP contribution in [0.3, 0.4) is 0 Å². The van der Waals surface area contributed by atoms with Crippen LogP contribution in [0.15, 0.2) is 12.1 Å². The van der Waals surface area contributed by atoms with E-state index in [1.807, 2.05) is 13.8 Å². The normalized spacial score (nSPS) is 22.5. The Kier molecular flexibility index (Phi) is 4.23. The van der Waals surface area contributed by atoms with E-state index in [0.29, 0.717) is 12.5 Å². The van der Waals surface area contributed by atoms with Gasteiger partial charge in [-0.25, -0.2) is 4.79 Å². The number of aliphatic hydroxyl groups excluding tert-OH is 1. The molecular weight excluding hydrogens is 292 g/mol. The zero-order valence-corrected chi connectivity index (χ0v) is 14.1. The zero-order valence-electron chi connectivity index (χ0n) is 14.1. The number of amides is 2. The fourth-order valence-electron chi connectivity index (χ4n) is 3.47. The van der Waals surface area contributed by atoms with Crippen LogP contribution in [0.25, 0.3) is 0 Å². The van der Waals surface area contributed by atoms with Gasteiger partial charge in [-0.05, 0) is 45.1 Å². The van der Waals surface area contributed by atoms with Crippen molar-refractivity contribution >= 4 is 6.03 Å². The van der Waals surface area contributed by atoms with Gasteiger partial charge in [-0.2, -0.15) is 0 Å². The number of rotatable bonds is 4. The quantitative estimate of drug-likeness (QED) is 0.799. The SMILES string of the molecule is Cc1cc(C)c2c(c1)[C@H](NC(=O)N[C@](C)(CO)C1CC1)CCO2. The molecule has 1 saturated carbocycles. The number of hydrogen-bond acceptors (Lipinski definition) is 3. The fraction of sp³-hybridized carbons (Fsp3) is 0.611. The van der Waals surface area contributed by atoms with Crippen LogP contribution in [-0.2, 0) is 0 Å². The monoisotopic (exact) mass is 318 g/mol. The molecule has 0 bridgehead atoms. The summed E-state index contributed by atoms with van der Waals surface area (Å²) in [5, 5.41) is 15.7. The van der Waals surface area contributed by atoms with Crippen molar-refractivity contribution in [2.45, 2.75) is 51.6 Å². The second-order valence-electron chi connectivity index (χ2n) is 7.14. The van der Waals surface area contributed by atoms with Crippen LogP contribution in [0.5, 0.6) is 5.75 Å². The molecule has 1 heterocycles. The van der Waals surface area contributed by atoms with Crippen molar-refractivity contribution in [1.29, 1.82) is 0 Å². The number of carbonyl (C=O) groups excluding carboxylic acids is 1. The lowest BCUT2D eigenvalue weighted by Gasteiger charge is -2.32. The second-order valence-corrected chi connectivity index (χ2v) is 7.14. The Labute approximate surface area is 137 Å². The molecule has 23 heavy (non-hydrogen) atoms. The van der Waals surface area contributed by atoms with Gasteiger partial charge in [0.05, 0.1) is 24.8 Å². The third kappa shape index (κ3) is 3.29. The molecule has 0 unspecified atom stereocenters. The number of aryl methyl sites for hydroxylation is 2. The summed E-state index contributed by atoms with van der Waals surface area (Å²) in [5.74, 6) is 1.27. The Morgan fingerprint density at radius 1 is 1.35 bits per heavy atom. The number of hydrogen-bond donors (Lipinski definition) is 3. The van der Waals surface area contributed by atoms with Gasteiger partial charge >= 0.3 is 6.03 Å². The molecule has 1 aliphatic carbocycles. The zero-order chi connectivity index (χ0) is 16.6. The Morgan fingerprint density at radius 2 is 2.09 bits per heavy atom. The van der Waals surface area contributed by atoms with E-state index >= 15 is 0 Å². The lowest BCUT2D eigenvalue weighted by atomic mass is 9.95. The molecule has 1 aromatic carbocycles. The first kappa shape index (κ1) is 16.1. The van der Waals surface area contributed by atoms with Crippen molar-refractivity contribution in [3.63, 3.8) is 0 Å². The summed E-state index contributed by atoms with van der Waals surface area (Å²) in [5.41, 5.74) is 2.78. The first-order valence-corrected chi connectivity index (χ1v) is 8.36. The summed E-state index contributed by atoms with van der Waals surface area (Å²) in [6.45, 7) is 6.56. The molecule has 2 aliphatic rings. The minimum atomic E-state index is -0.527. The molecule has 2 atom stereocenters. The average molecular weight is 318 g/mol. The van der Waals surface area contributed by atoms with Crippen LogP contribution in [0.1, 0.15) is 48.9 Å². The predicted molar refractivity (Wildman–Crippen MR) is 88.7 cm³/mol. The smallest absolute Gasteiger partial charge is 0.315 e. The number of carbonyl (C=O) groups is 1. The standard InChI is InChI=1S/C18H26N2O3/c1-11-8-12(2)16-14(9-11)15(6-7-23-16)19-17(22)20-18(3,10-21)13-4-5-13/h8-9,13,15,21H,4-7,10H2,1-3H3,(H2,19,20,22)/t15-,18-/m1/s1. The largest absolute Gasteiger partial charge is 0.493 e. The van der Waals surface area contributed by atoms with E-state index in [2.05, 4.69) is 29.7 Å². The number of urea groups is 1. The van der Waals surface area contributed by atoms with Gasteiger partial charge in [0.25, 0.3) is 0 Å². The molecule has 2 amide bonds. The predicted octanol–water partition coefficient (Wildman–Crippen LogP) is 2.59. The van der Waals surface area contributed by atoms with Gasteiger partial charge in [0.15, 0.2) is 0 Å². The van der Waals surface area contributed by atoms with Crippen molar-refractivity contribution in [2.24, 2.45) is 5.92 Å². The number of aliphatic hydroxyl groups is 1. The van der Waals surface area contributed by atoms with Crippen LogP contribution < -0.4 is 15.4 Å². The van der Waals surface area contributed by atoms with Crippen LogP contribution in [-0.4, -0.2) is 29.9 Å². The fourth-order valence-corrected chi connectivity index (χ4v) is 3.47. The van der Waals surface area contributed by atoms with Crippen LogP contribution in [0.4, 0.5) is 4.79 Å². The summed E-state index contributed by atoms with van der Waals surface area (Å²) < 4.78 is 5.78. The minimum absolute atomic E-state index is 0.0341. The number of benzene rings is 1. The minimum Gasteiger partial charge on any atom is -0.493 e. The summed E-state index contributed by atoms with van der Waals surface area (Å²) in [6, 6.07) is 3.90. The summed E-state index contributed by atoms with van der Waals surface area (Å²) in [7, 11) is 0. The summed E-state index contributed by atoms with van der Waals surface area (Å²) in [6.07, 6.45) is 2.88. The van der Waals surface area contributed by atoms with Crippen LogP contribution in [0, 0.1) is 19.8 Å². The lowest BCUT2D eigenvalue weighted by molar-refractivity contribution is 0.152. The third-order valence-electron chi connectivity index (χ3n) is 4.99. The van der Waals surface area contributed by atoms with Gasteiger partial charge in [0, 0.05) is 12.0 Å². The van der Waals surface area contributed by atoms with E-state index in [1.54, 1.807) is 0 Å². The first-order chi connectivity index (χ1) is 10.9. The van der Waals surface area contributed by atoms with Gasteiger partial charge in [0.1, 0.15) is 5.75 Å². The van der Waals surface area contributed by atoms with Gasteiger partial charge in [-0.15, -0.1) is 0 Å². The van der Waals surface area contributed by atoms with Gasteiger partial charge in [-0.3, -0.25) is 0 Å². The molecule has 3 N–H and O–H groups in total. The van der Waals surface area contributed by atoms with Crippen molar-refractivity contribution in [1.82, 2.24) is 10.6 Å². The van der Waals surface area contributed by atoms with Crippen molar-refractivity contribution < 1.29 is 14.6 Å². The Morgan fingerprint density at radius 3 is 2.74 bits per heavy atom. The van der Waals surface area contributed by atoms with Crippen LogP contribution >= 0.6 is 0 Å². The maximum atomic E-state index is 12.4. The molecule has 5 heteroatoms. The van der Waals surface area contributed by atoms with Crippen molar-refractivity contribution in [2.75, 3.05) is 13.2 Å². The Balaban J connectivity index is 1.73. The van der Waals surface area contributed by atoms with E-state index in [0.717, 1.165) is 41.7 Å². The molecule has 1 aromatic rings. The van der Waals surface area contributed by atoms with Crippen LogP contribution in [0.2, 0.25) is 0 Å². The Hall–Kier alpha value is -1.75. The first-order valence-electron chi connectivity index (χ1n) is 8.36. The highest BCUT2D eigenvalue weighted by atomic mass is 16.5. The number of fused-ring (bicyclic) bond motifs is 1. The molecule has 5 nitrogen and oxygen atoms in total. The maximum Gasteiger partial charge on any atom is 0.315 e. The van der Waals surface area contributed by atoms with E-state index in [4.69, 9.17) is 4.74 Å². The van der Waals surface area contributed by atoms with Gasteiger partial charge in [-0.1, -0.05) is 17.7 Å². The van der Waals surface area contributed by atoms with Crippen molar-refractivity contribution in [3.8, 4) is 5.75 Å². The lowest BCUT2D eigenvalue weighted by Crippen LogP contribution is -2.54. The molecule has 3 rings (SSSR count). The molecule has 0 saturated heterocycles.